The normalized spacial score (nSPS) is 28.0. The fraction of sp³-hybridized carbons (Fsp3) is 0.594. The molecule has 2 bridgehead atoms. The number of nitrogens with one attached hydrogen (secondary N) is 1. The lowest BCUT2D eigenvalue weighted by molar-refractivity contribution is -0.122. The SMILES string of the molecule is CC1(C)C[C@@H]([C@H](c2ccc(Cl)cc2)[C@H](N)C(=O)Cc2c(F)ccc(F)c2CC[C@H]2CN[C@@H]3CCCS(=O)(=O)N2C3)CCO1. The van der Waals surface area contributed by atoms with Gasteiger partial charge in [0.2, 0.25) is 10.0 Å². The lowest BCUT2D eigenvalue weighted by Gasteiger charge is -2.41. The zero-order valence-corrected chi connectivity index (χ0v) is 26.4. The standard InChI is InChI=1S/C32H42ClF2N3O4S/c1-32(2)17-21(13-14-42-32)30(20-5-7-22(33)8-6-20)31(36)29(39)16-26-25(27(34)11-12-28(26)35)10-9-24-18-37-23-4-3-15-43(40,41)38(24)19-23/h5-8,11-12,21,23-24,30-31,37H,3-4,9-10,13-19,36H2,1-2H3/t21-,23+,24-,30-,31+/m0/s1. The average molecular weight is 638 g/mol. The lowest BCUT2D eigenvalue weighted by Crippen LogP contribution is -2.57. The first-order valence-corrected chi connectivity index (χ1v) is 17.2. The molecule has 2 aromatic carbocycles. The van der Waals surface area contributed by atoms with Gasteiger partial charge >= 0.3 is 0 Å². The van der Waals surface area contributed by atoms with Gasteiger partial charge in [0.25, 0.3) is 0 Å². The zero-order valence-electron chi connectivity index (χ0n) is 24.8. The van der Waals surface area contributed by atoms with Crippen LogP contribution in [0.25, 0.3) is 0 Å². The number of rotatable bonds is 9. The van der Waals surface area contributed by atoms with E-state index in [1.165, 1.54) is 4.31 Å². The Morgan fingerprint density at radius 1 is 1.14 bits per heavy atom. The number of nitrogens with two attached hydrogens (primary N) is 1. The summed E-state index contributed by atoms with van der Waals surface area (Å²) < 4.78 is 63.8. The van der Waals surface area contributed by atoms with Crippen LogP contribution in [0.2, 0.25) is 5.02 Å². The third kappa shape index (κ3) is 7.48. The highest BCUT2D eigenvalue weighted by molar-refractivity contribution is 7.89. The van der Waals surface area contributed by atoms with Crippen LogP contribution in [0.1, 0.15) is 68.6 Å². The van der Waals surface area contributed by atoms with Crippen LogP contribution in [0.4, 0.5) is 8.78 Å². The molecule has 3 aliphatic rings. The molecule has 0 saturated carbocycles. The molecule has 236 valence electrons. The molecule has 11 heteroatoms. The van der Waals surface area contributed by atoms with Crippen molar-refractivity contribution in [2.45, 2.75) is 88.4 Å². The number of carbonyl (C=O) groups is 1. The van der Waals surface area contributed by atoms with Crippen LogP contribution in [0, 0.1) is 17.6 Å². The van der Waals surface area contributed by atoms with E-state index in [1.807, 2.05) is 26.0 Å². The van der Waals surface area contributed by atoms with E-state index in [1.54, 1.807) is 12.1 Å². The number of piperazine rings is 1. The molecule has 3 fully saturated rings. The van der Waals surface area contributed by atoms with Gasteiger partial charge in [-0.3, -0.25) is 4.79 Å². The number of carbonyl (C=O) groups excluding carboxylic acids is 1. The summed E-state index contributed by atoms with van der Waals surface area (Å²) in [5.41, 5.74) is 7.29. The molecule has 1 unspecified atom stereocenters. The van der Waals surface area contributed by atoms with Crippen molar-refractivity contribution >= 4 is 27.4 Å². The van der Waals surface area contributed by atoms with E-state index in [0.29, 0.717) is 50.4 Å². The molecule has 3 heterocycles. The van der Waals surface area contributed by atoms with Crippen LogP contribution in [0.3, 0.4) is 0 Å². The minimum absolute atomic E-state index is 0.0111. The number of hydrogen-bond donors (Lipinski definition) is 2. The van der Waals surface area contributed by atoms with E-state index in [-0.39, 0.29) is 65.0 Å². The number of ketones is 1. The highest BCUT2D eigenvalue weighted by Gasteiger charge is 2.40. The van der Waals surface area contributed by atoms with Crippen molar-refractivity contribution in [2.75, 3.05) is 25.4 Å². The van der Waals surface area contributed by atoms with Gasteiger partial charge in [-0.05, 0) is 93.7 Å². The minimum Gasteiger partial charge on any atom is -0.376 e. The Labute approximate surface area is 258 Å². The fourth-order valence-electron chi connectivity index (χ4n) is 7.19. The summed E-state index contributed by atoms with van der Waals surface area (Å²) in [7, 11) is -3.42. The summed E-state index contributed by atoms with van der Waals surface area (Å²) >= 11 is 6.15. The van der Waals surface area contributed by atoms with Gasteiger partial charge in [0.1, 0.15) is 11.6 Å². The summed E-state index contributed by atoms with van der Waals surface area (Å²) in [5.74, 6) is -1.89. The largest absolute Gasteiger partial charge is 0.376 e. The Morgan fingerprint density at radius 2 is 1.84 bits per heavy atom. The van der Waals surface area contributed by atoms with Gasteiger partial charge in [-0.25, -0.2) is 17.2 Å². The molecule has 0 spiro atoms. The maximum atomic E-state index is 15.3. The van der Waals surface area contributed by atoms with E-state index in [9.17, 15) is 13.2 Å². The molecule has 0 aromatic heterocycles. The molecule has 7 nitrogen and oxygen atoms in total. The number of hydrogen-bond acceptors (Lipinski definition) is 6. The van der Waals surface area contributed by atoms with E-state index >= 15 is 8.78 Å². The number of nitrogens with zero attached hydrogens (tertiary/aromatic N) is 1. The Morgan fingerprint density at radius 3 is 2.53 bits per heavy atom. The van der Waals surface area contributed by atoms with Crippen molar-refractivity contribution in [1.82, 2.24) is 9.62 Å². The van der Waals surface area contributed by atoms with Gasteiger partial charge in [-0.15, -0.1) is 0 Å². The van der Waals surface area contributed by atoms with Gasteiger partial charge in [-0.1, -0.05) is 23.7 Å². The van der Waals surface area contributed by atoms with Crippen LogP contribution in [0.15, 0.2) is 36.4 Å². The molecule has 3 N–H and O–H groups in total. The number of halogens is 3. The Bertz CT molecular complexity index is 1420. The molecular formula is C32H42ClF2N3O4S. The Hall–Kier alpha value is -1.95. The maximum absolute atomic E-state index is 15.3. The predicted molar refractivity (Wildman–Crippen MR) is 164 cm³/mol. The van der Waals surface area contributed by atoms with Gasteiger partial charge < -0.3 is 15.8 Å². The van der Waals surface area contributed by atoms with E-state index < -0.39 is 27.7 Å². The van der Waals surface area contributed by atoms with Crippen molar-refractivity contribution in [1.29, 1.82) is 0 Å². The lowest BCUT2D eigenvalue weighted by atomic mass is 9.72. The molecule has 43 heavy (non-hydrogen) atoms. The van der Waals surface area contributed by atoms with Crippen LogP contribution in [-0.4, -0.2) is 67.7 Å². The highest BCUT2D eigenvalue weighted by atomic mass is 35.5. The Kier molecular flexibility index (Phi) is 9.95. The van der Waals surface area contributed by atoms with Crippen molar-refractivity contribution in [2.24, 2.45) is 11.7 Å². The fourth-order valence-corrected chi connectivity index (χ4v) is 9.12. The first-order chi connectivity index (χ1) is 20.3. The first kappa shape index (κ1) is 32.4. The van der Waals surface area contributed by atoms with Gasteiger partial charge in [0, 0.05) is 54.7 Å². The molecule has 0 amide bonds. The third-order valence-corrected chi connectivity index (χ3v) is 11.6. The zero-order chi connectivity index (χ0) is 30.9. The maximum Gasteiger partial charge on any atom is 0.214 e. The van der Waals surface area contributed by atoms with Crippen LogP contribution >= 0.6 is 11.6 Å². The van der Waals surface area contributed by atoms with Crippen molar-refractivity contribution in [3.8, 4) is 0 Å². The summed E-state index contributed by atoms with van der Waals surface area (Å²) in [6.45, 7) is 5.39. The molecule has 0 radical (unpaired) electrons. The summed E-state index contributed by atoms with van der Waals surface area (Å²) in [4.78, 5) is 13.8. The minimum atomic E-state index is -3.42. The summed E-state index contributed by atoms with van der Waals surface area (Å²) in [6.07, 6.45) is 2.83. The second-order valence-electron chi connectivity index (χ2n) is 12.9. The van der Waals surface area contributed by atoms with E-state index in [4.69, 9.17) is 22.1 Å². The van der Waals surface area contributed by atoms with Crippen LogP contribution < -0.4 is 11.1 Å². The van der Waals surface area contributed by atoms with E-state index in [0.717, 1.165) is 24.1 Å². The Balaban J connectivity index is 1.37. The third-order valence-electron chi connectivity index (χ3n) is 9.41. The van der Waals surface area contributed by atoms with Crippen molar-refractivity contribution < 1.29 is 26.7 Å². The quantitative estimate of drug-likeness (QED) is 0.412. The van der Waals surface area contributed by atoms with Gasteiger partial charge in [-0.2, -0.15) is 4.31 Å². The topological polar surface area (TPSA) is 102 Å². The predicted octanol–water partition coefficient (Wildman–Crippen LogP) is 4.74. The smallest absolute Gasteiger partial charge is 0.214 e. The second kappa shape index (κ2) is 13.2. The second-order valence-corrected chi connectivity index (χ2v) is 15.4. The number of sulfonamides is 1. The molecular weight excluding hydrogens is 596 g/mol. The molecule has 0 aliphatic carbocycles. The van der Waals surface area contributed by atoms with Crippen molar-refractivity contribution in [3.63, 3.8) is 0 Å². The number of benzene rings is 2. The van der Waals surface area contributed by atoms with Gasteiger partial charge in [0.05, 0.1) is 17.4 Å². The summed E-state index contributed by atoms with van der Waals surface area (Å²) in [6, 6.07) is 8.15. The summed E-state index contributed by atoms with van der Waals surface area (Å²) in [5, 5.41) is 3.98. The monoisotopic (exact) mass is 637 g/mol. The van der Waals surface area contributed by atoms with Crippen LogP contribution in [-0.2, 0) is 32.4 Å². The van der Waals surface area contributed by atoms with E-state index in [2.05, 4.69) is 5.32 Å². The molecule has 6 atom stereocenters. The van der Waals surface area contributed by atoms with Crippen LogP contribution in [0.5, 0.6) is 0 Å². The number of fused-ring (bicyclic) bond motifs is 2. The highest BCUT2D eigenvalue weighted by Crippen LogP contribution is 2.40. The number of ether oxygens (including phenoxy) is 1. The number of Topliss-reactive ketones (excluding diaryl/α,β-unsaturated/α-hetero) is 1. The molecule has 2 aromatic rings. The molecule has 5 rings (SSSR count). The molecule has 3 saturated heterocycles. The van der Waals surface area contributed by atoms with Gasteiger partial charge in [0.15, 0.2) is 5.78 Å². The van der Waals surface area contributed by atoms with Crippen molar-refractivity contribution in [3.05, 3.63) is 69.7 Å². The first-order valence-electron chi connectivity index (χ1n) is 15.2. The average Bonchev–Trinajstić information content (AvgIpc) is 3.07. The molecule has 3 aliphatic heterocycles.